The average molecular weight is 359 g/mol. The molecule has 25 heavy (non-hydrogen) atoms. The monoisotopic (exact) mass is 358 g/mol. The van der Waals surface area contributed by atoms with Crippen LogP contribution in [0.25, 0.3) is 0 Å². The maximum atomic E-state index is 13.1. The summed E-state index contributed by atoms with van der Waals surface area (Å²) in [6.45, 7) is 5.68. The number of ether oxygens (including phenoxy) is 1. The highest BCUT2D eigenvalue weighted by Gasteiger charge is 2.42. The molecule has 2 heterocycles. The Morgan fingerprint density at radius 3 is 2.64 bits per heavy atom. The van der Waals surface area contributed by atoms with Crippen molar-refractivity contribution in [2.75, 3.05) is 13.1 Å². The molecule has 1 aliphatic rings. The quantitative estimate of drug-likeness (QED) is 0.833. The van der Waals surface area contributed by atoms with Gasteiger partial charge in [0.25, 0.3) is 5.91 Å². The van der Waals surface area contributed by atoms with E-state index in [9.17, 15) is 4.79 Å². The molecule has 0 saturated carbocycles. The van der Waals surface area contributed by atoms with E-state index in [0.717, 1.165) is 25.3 Å². The molecule has 2 N–H and O–H groups in total. The normalized spacial score (nSPS) is 17.7. The van der Waals surface area contributed by atoms with Crippen LogP contribution in [0.15, 0.2) is 41.1 Å². The van der Waals surface area contributed by atoms with Gasteiger partial charge in [-0.05, 0) is 67.9 Å². The molecule has 1 aromatic heterocycles. The van der Waals surface area contributed by atoms with Crippen molar-refractivity contribution in [3.8, 4) is 5.75 Å². The largest absolute Gasteiger partial charge is 0.477 e. The minimum Gasteiger partial charge on any atom is -0.477 e. The molecular weight excluding hydrogens is 332 g/mol. The summed E-state index contributed by atoms with van der Waals surface area (Å²) in [5.41, 5.74) is 1.65. The lowest BCUT2D eigenvalue weighted by Gasteiger charge is -2.37. The second-order valence-electron chi connectivity index (χ2n) is 6.87. The molecule has 1 amide bonds. The summed E-state index contributed by atoms with van der Waals surface area (Å²) in [4.78, 5) is 13.1. The van der Waals surface area contributed by atoms with Crippen LogP contribution in [-0.4, -0.2) is 30.6 Å². The summed E-state index contributed by atoms with van der Waals surface area (Å²) in [7, 11) is 0. The zero-order chi connectivity index (χ0) is 17.7. The molecular formula is C20H26N2O2S. The van der Waals surface area contributed by atoms with Gasteiger partial charge in [0.2, 0.25) is 0 Å². The minimum atomic E-state index is -0.788. The van der Waals surface area contributed by atoms with Crippen LogP contribution in [0.2, 0.25) is 0 Å². The van der Waals surface area contributed by atoms with Crippen molar-refractivity contribution >= 4 is 17.2 Å². The Morgan fingerprint density at radius 2 is 2.00 bits per heavy atom. The molecule has 0 spiro atoms. The van der Waals surface area contributed by atoms with Crippen LogP contribution in [0, 0.1) is 6.92 Å². The van der Waals surface area contributed by atoms with E-state index < -0.39 is 5.60 Å². The third kappa shape index (κ3) is 4.61. The number of amides is 1. The lowest BCUT2D eigenvalue weighted by Crippen LogP contribution is -2.58. The van der Waals surface area contributed by atoms with Gasteiger partial charge in [-0.25, -0.2) is 0 Å². The molecule has 4 nitrogen and oxygen atoms in total. The van der Waals surface area contributed by atoms with Crippen LogP contribution in [0.1, 0.15) is 30.9 Å². The van der Waals surface area contributed by atoms with Gasteiger partial charge in [0, 0.05) is 18.9 Å². The maximum Gasteiger partial charge on any atom is 0.264 e. The number of hydrogen-bond donors (Lipinski definition) is 2. The van der Waals surface area contributed by atoms with E-state index in [1.807, 2.05) is 31.2 Å². The van der Waals surface area contributed by atoms with Gasteiger partial charge in [0.15, 0.2) is 5.60 Å². The fourth-order valence-electron chi connectivity index (χ4n) is 3.21. The SMILES string of the molecule is Cc1ccc(OC2(C(=O)N[C@H](C)Cc3ccsc3)CCNCC2)cc1. The molecule has 0 aliphatic carbocycles. The molecule has 134 valence electrons. The Morgan fingerprint density at radius 1 is 1.28 bits per heavy atom. The summed E-state index contributed by atoms with van der Waals surface area (Å²) in [6.07, 6.45) is 2.20. The number of nitrogens with one attached hydrogen (secondary N) is 2. The van der Waals surface area contributed by atoms with Gasteiger partial charge in [-0.3, -0.25) is 4.79 Å². The van der Waals surface area contributed by atoms with E-state index in [1.54, 1.807) is 11.3 Å². The van der Waals surface area contributed by atoms with Crippen molar-refractivity contribution in [3.05, 3.63) is 52.2 Å². The first-order valence-electron chi connectivity index (χ1n) is 8.86. The maximum absolute atomic E-state index is 13.1. The molecule has 1 aromatic carbocycles. The van der Waals surface area contributed by atoms with Gasteiger partial charge in [0.05, 0.1) is 0 Å². The molecule has 1 fully saturated rings. The number of hydrogen-bond acceptors (Lipinski definition) is 4. The molecule has 1 aliphatic heterocycles. The summed E-state index contributed by atoms with van der Waals surface area (Å²) in [5.74, 6) is 0.755. The Labute approximate surface area is 153 Å². The van der Waals surface area contributed by atoms with Crippen molar-refractivity contribution in [2.24, 2.45) is 0 Å². The molecule has 1 saturated heterocycles. The summed E-state index contributed by atoms with van der Waals surface area (Å²) >= 11 is 1.69. The topological polar surface area (TPSA) is 50.4 Å². The highest BCUT2D eigenvalue weighted by molar-refractivity contribution is 7.07. The van der Waals surface area contributed by atoms with E-state index in [1.165, 1.54) is 11.1 Å². The Kier molecular flexibility index (Phi) is 5.76. The lowest BCUT2D eigenvalue weighted by atomic mass is 9.90. The standard InChI is InChI=1S/C20H26N2O2S/c1-15-3-5-18(6-4-15)24-20(8-10-21-11-9-20)19(23)22-16(2)13-17-7-12-25-14-17/h3-7,12,14,16,21H,8-11,13H2,1-2H3,(H,22,23)/t16-/m1/s1. The summed E-state index contributed by atoms with van der Waals surface area (Å²) in [5, 5.41) is 10.7. The Balaban J connectivity index is 1.70. The van der Waals surface area contributed by atoms with Crippen molar-refractivity contribution in [1.82, 2.24) is 10.6 Å². The van der Waals surface area contributed by atoms with Crippen LogP contribution < -0.4 is 15.4 Å². The summed E-state index contributed by atoms with van der Waals surface area (Å²) in [6, 6.07) is 10.1. The van der Waals surface area contributed by atoms with Gasteiger partial charge in [-0.15, -0.1) is 0 Å². The van der Waals surface area contributed by atoms with Crippen molar-refractivity contribution in [2.45, 2.75) is 44.8 Å². The minimum absolute atomic E-state index is 0.00250. The fraction of sp³-hybridized carbons (Fsp3) is 0.450. The van der Waals surface area contributed by atoms with Gasteiger partial charge >= 0.3 is 0 Å². The number of carbonyl (C=O) groups is 1. The highest BCUT2D eigenvalue weighted by Crippen LogP contribution is 2.27. The first kappa shape index (κ1) is 18.0. The lowest BCUT2D eigenvalue weighted by molar-refractivity contribution is -0.139. The Bertz CT molecular complexity index is 676. The molecule has 5 heteroatoms. The second kappa shape index (κ2) is 8.02. The van der Waals surface area contributed by atoms with E-state index >= 15 is 0 Å². The predicted molar refractivity (Wildman–Crippen MR) is 102 cm³/mol. The third-order valence-electron chi connectivity index (χ3n) is 4.66. The molecule has 0 radical (unpaired) electrons. The highest BCUT2D eigenvalue weighted by atomic mass is 32.1. The first-order valence-corrected chi connectivity index (χ1v) is 9.80. The van der Waals surface area contributed by atoms with Crippen LogP contribution in [0.5, 0.6) is 5.75 Å². The number of carbonyl (C=O) groups excluding carboxylic acids is 1. The van der Waals surface area contributed by atoms with Crippen LogP contribution in [-0.2, 0) is 11.2 Å². The molecule has 3 rings (SSSR count). The third-order valence-corrected chi connectivity index (χ3v) is 5.39. The van der Waals surface area contributed by atoms with E-state index in [2.05, 4.69) is 34.4 Å². The van der Waals surface area contributed by atoms with Crippen molar-refractivity contribution < 1.29 is 9.53 Å². The second-order valence-corrected chi connectivity index (χ2v) is 7.65. The van der Waals surface area contributed by atoms with E-state index in [4.69, 9.17) is 4.74 Å². The first-order chi connectivity index (χ1) is 12.1. The van der Waals surface area contributed by atoms with Crippen molar-refractivity contribution in [3.63, 3.8) is 0 Å². The van der Waals surface area contributed by atoms with Gasteiger partial charge in [-0.2, -0.15) is 11.3 Å². The molecule has 1 atom stereocenters. The van der Waals surface area contributed by atoms with Gasteiger partial charge in [0.1, 0.15) is 5.75 Å². The number of benzene rings is 1. The van der Waals surface area contributed by atoms with E-state index in [0.29, 0.717) is 12.8 Å². The van der Waals surface area contributed by atoms with E-state index in [-0.39, 0.29) is 11.9 Å². The fourth-order valence-corrected chi connectivity index (χ4v) is 3.89. The van der Waals surface area contributed by atoms with Gasteiger partial charge < -0.3 is 15.4 Å². The molecule has 0 bridgehead atoms. The smallest absolute Gasteiger partial charge is 0.264 e. The average Bonchev–Trinajstić information content (AvgIpc) is 3.10. The van der Waals surface area contributed by atoms with Gasteiger partial charge in [-0.1, -0.05) is 17.7 Å². The van der Waals surface area contributed by atoms with Crippen LogP contribution in [0.4, 0.5) is 0 Å². The number of rotatable bonds is 6. The number of aryl methyl sites for hydroxylation is 1. The summed E-state index contributed by atoms with van der Waals surface area (Å²) < 4.78 is 6.25. The number of thiophene rings is 1. The Hall–Kier alpha value is -1.85. The van der Waals surface area contributed by atoms with Crippen LogP contribution in [0.3, 0.4) is 0 Å². The van der Waals surface area contributed by atoms with Crippen LogP contribution >= 0.6 is 11.3 Å². The zero-order valence-electron chi connectivity index (χ0n) is 14.9. The number of piperidine rings is 1. The van der Waals surface area contributed by atoms with Crippen molar-refractivity contribution in [1.29, 1.82) is 0 Å². The predicted octanol–water partition coefficient (Wildman–Crippen LogP) is 3.30. The zero-order valence-corrected chi connectivity index (χ0v) is 15.7. The molecule has 2 aromatic rings. The molecule has 0 unspecified atom stereocenters.